The number of esters is 1. The van der Waals surface area contributed by atoms with E-state index in [0.29, 0.717) is 12.8 Å². The monoisotopic (exact) mass is 294 g/mol. The van der Waals surface area contributed by atoms with Crippen LogP contribution < -0.4 is 0 Å². The predicted molar refractivity (Wildman–Crippen MR) is 85.1 cm³/mol. The van der Waals surface area contributed by atoms with Gasteiger partial charge in [0.1, 0.15) is 0 Å². The van der Waals surface area contributed by atoms with Crippen molar-refractivity contribution in [2.45, 2.75) is 90.1 Å². The Bertz CT molecular complexity index is 333. The second-order valence-electron chi connectivity index (χ2n) is 5.94. The molecule has 21 heavy (non-hydrogen) atoms. The molecule has 0 aromatic carbocycles. The summed E-state index contributed by atoms with van der Waals surface area (Å²) in [7, 11) is 0. The average Bonchev–Trinajstić information content (AvgIpc) is 2.47. The van der Waals surface area contributed by atoms with Crippen LogP contribution in [0.15, 0.2) is 12.2 Å². The number of carbonyl (C=O) groups excluding carboxylic acids is 2. The van der Waals surface area contributed by atoms with E-state index in [1.807, 2.05) is 6.08 Å². The van der Waals surface area contributed by atoms with E-state index in [0.717, 1.165) is 44.9 Å². The topological polar surface area (TPSA) is 43.4 Å². The van der Waals surface area contributed by atoms with Crippen molar-refractivity contribution in [1.82, 2.24) is 0 Å². The largest absolute Gasteiger partial charge is 0.454 e. The summed E-state index contributed by atoms with van der Waals surface area (Å²) in [5.41, 5.74) is 0. The molecule has 3 nitrogen and oxygen atoms in total. The maximum Gasteiger partial charge on any atom is 0.306 e. The van der Waals surface area contributed by atoms with Gasteiger partial charge in [0.05, 0.1) is 0 Å². The Labute approximate surface area is 129 Å². The lowest BCUT2D eigenvalue weighted by Crippen LogP contribution is -2.26. The van der Waals surface area contributed by atoms with Crippen LogP contribution in [0.2, 0.25) is 0 Å². The van der Waals surface area contributed by atoms with Gasteiger partial charge in [0.2, 0.25) is 0 Å². The van der Waals surface area contributed by atoms with E-state index < -0.39 is 6.10 Å². The Hall–Kier alpha value is -1.12. The average molecular weight is 294 g/mol. The van der Waals surface area contributed by atoms with E-state index in [4.69, 9.17) is 4.74 Å². The molecular formula is C18H30O3. The van der Waals surface area contributed by atoms with Crippen LogP contribution >= 0.6 is 0 Å². The third kappa shape index (κ3) is 8.69. The van der Waals surface area contributed by atoms with Crippen LogP contribution in [-0.2, 0) is 14.3 Å². The maximum absolute atomic E-state index is 12.2. The Morgan fingerprint density at radius 1 is 1.05 bits per heavy atom. The van der Waals surface area contributed by atoms with Crippen molar-refractivity contribution in [1.29, 1.82) is 0 Å². The number of ether oxygens (including phenoxy) is 1. The highest BCUT2D eigenvalue weighted by Crippen LogP contribution is 2.14. The molecule has 1 atom stereocenters. The summed E-state index contributed by atoms with van der Waals surface area (Å²) in [6.45, 7) is 2.13. The standard InChI is InChI=1S/C18H30O3/c1-2-3-10-14-17-16(19)13-11-8-6-4-5-7-9-12-15-18(20)21-17/h11,13,17H,2-10,12,14-15H2,1H3/b13-11+/t17-/m1/s1. The van der Waals surface area contributed by atoms with E-state index in [1.165, 1.54) is 19.3 Å². The molecule has 0 radical (unpaired) electrons. The third-order valence-corrected chi connectivity index (χ3v) is 3.94. The molecule has 0 amide bonds. The van der Waals surface area contributed by atoms with Gasteiger partial charge in [-0.1, -0.05) is 51.5 Å². The van der Waals surface area contributed by atoms with Crippen LogP contribution in [0, 0.1) is 0 Å². The van der Waals surface area contributed by atoms with Gasteiger partial charge in [-0.2, -0.15) is 0 Å². The number of unbranched alkanes of at least 4 members (excludes halogenated alkanes) is 2. The molecule has 1 aliphatic rings. The molecule has 0 unspecified atom stereocenters. The lowest BCUT2D eigenvalue weighted by molar-refractivity contribution is -0.154. The van der Waals surface area contributed by atoms with Crippen molar-refractivity contribution in [2.75, 3.05) is 0 Å². The molecule has 0 aromatic heterocycles. The molecule has 1 aliphatic heterocycles. The Balaban J connectivity index is 2.57. The van der Waals surface area contributed by atoms with Crippen LogP contribution in [0.4, 0.5) is 0 Å². The van der Waals surface area contributed by atoms with E-state index in [9.17, 15) is 9.59 Å². The number of hydrogen-bond donors (Lipinski definition) is 0. The van der Waals surface area contributed by atoms with Gasteiger partial charge >= 0.3 is 5.97 Å². The fourth-order valence-corrected chi connectivity index (χ4v) is 2.60. The SMILES string of the molecule is CCCCC[C@H]1OC(=O)CCCCCCCC/C=C/C1=O. The molecule has 0 aliphatic carbocycles. The van der Waals surface area contributed by atoms with Crippen LogP contribution in [0.1, 0.15) is 84.0 Å². The highest BCUT2D eigenvalue weighted by atomic mass is 16.5. The minimum absolute atomic E-state index is 0.0449. The molecule has 0 aromatic rings. The zero-order chi connectivity index (χ0) is 15.3. The van der Waals surface area contributed by atoms with E-state index in [2.05, 4.69) is 6.92 Å². The van der Waals surface area contributed by atoms with E-state index >= 15 is 0 Å². The highest BCUT2D eigenvalue weighted by molar-refractivity contribution is 5.94. The van der Waals surface area contributed by atoms with Gasteiger partial charge in [-0.05, 0) is 38.2 Å². The first-order chi connectivity index (χ1) is 10.2. The molecular weight excluding hydrogens is 264 g/mol. The normalized spacial score (nSPS) is 24.1. The summed E-state index contributed by atoms with van der Waals surface area (Å²) < 4.78 is 5.41. The molecule has 0 spiro atoms. The van der Waals surface area contributed by atoms with Crippen molar-refractivity contribution >= 4 is 11.8 Å². The van der Waals surface area contributed by atoms with Crippen LogP contribution in [-0.4, -0.2) is 17.9 Å². The van der Waals surface area contributed by atoms with Gasteiger partial charge in [0.25, 0.3) is 0 Å². The van der Waals surface area contributed by atoms with Crippen molar-refractivity contribution in [3.05, 3.63) is 12.2 Å². The lowest BCUT2D eigenvalue weighted by atomic mass is 10.0. The minimum atomic E-state index is -0.566. The second-order valence-corrected chi connectivity index (χ2v) is 5.94. The number of ketones is 1. The number of carbonyl (C=O) groups is 2. The minimum Gasteiger partial charge on any atom is -0.454 e. The molecule has 0 bridgehead atoms. The molecule has 0 N–H and O–H groups in total. The van der Waals surface area contributed by atoms with Crippen molar-refractivity contribution < 1.29 is 14.3 Å². The smallest absolute Gasteiger partial charge is 0.306 e. The summed E-state index contributed by atoms with van der Waals surface area (Å²) in [6.07, 6.45) is 14.9. The Morgan fingerprint density at radius 2 is 1.76 bits per heavy atom. The maximum atomic E-state index is 12.2. The number of cyclic esters (lactones) is 1. The summed E-state index contributed by atoms with van der Waals surface area (Å²) in [5.74, 6) is -0.258. The molecule has 0 fully saturated rings. The van der Waals surface area contributed by atoms with E-state index in [1.54, 1.807) is 6.08 Å². The molecule has 3 heteroatoms. The number of allylic oxidation sites excluding steroid dienone is 1. The predicted octanol–water partition coefficient (Wildman–Crippen LogP) is 4.74. The first-order valence-corrected chi connectivity index (χ1v) is 8.64. The number of rotatable bonds is 4. The third-order valence-electron chi connectivity index (χ3n) is 3.94. The molecule has 1 heterocycles. The van der Waals surface area contributed by atoms with Gasteiger partial charge in [0, 0.05) is 6.42 Å². The van der Waals surface area contributed by atoms with Gasteiger partial charge in [-0.15, -0.1) is 0 Å². The molecule has 1 rings (SSSR count). The fraction of sp³-hybridized carbons (Fsp3) is 0.778. The van der Waals surface area contributed by atoms with Crippen LogP contribution in [0.3, 0.4) is 0 Å². The molecule has 120 valence electrons. The van der Waals surface area contributed by atoms with E-state index in [-0.39, 0.29) is 11.8 Å². The van der Waals surface area contributed by atoms with Gasteiger partial charge in [0.15, 0.2) is 11.9 Å². The van der Waals surface area contributed by atoms with Gasteiger partial charge < -0.3 is 4.74 Å². The van der Waals surface area contributed by atoms with Crippen LogP contribution in [0.25, 0.3) is 0 Å². The Kier molecular flexibility index (Phi) is 9.84. The van der Waals surface area contributed by atoms with Crippen LogP contribution in [0.5, 0.6) is 0 Å². The zero-order valence-electron chi connectivity index (χ0n) is 13.4. The fourth-order valence-electron chi connectivity index (χ4n) is 2.60. The molecule has 0 saturated heterocycles. The first-order valence-electron chi connectivity index (χ1n) is 8.64. The first kappa shape index (κ1) is 17.9. The molecule has 0 saturated carbocycles. The van der Waals surface area contributed by atoms with Gasteiger partial charge in [-0.25, -0.2) is 0 Å². The summed E-state index contributed by atoms with van der Waals surface area (Å²) in [5, 5.41) is 0. The van der Waals surface area contributed by atoms with Crippen molar-refractivity contribution in [2.24, 2.45) is 0 Å². The summed E-state index contributed by atoms with van der Waals surface area (Å²) in [6, 6.07) is 0. The Morgan fingerprint density at radius 3 is 2.52 bits per heavy atom. The highest BCUT2D eigenvalue weighted by Gasteiger charge is 2.20. The lowest BCUT2D eigenvalue weighted by Gasteiger charge is -2.15. The number of hydrogen-bond acceptors (Lipinski definition) is 3. The van der Waals surface area contributed by atoms with Gasteiger partial charge in [-0.3, -0.25) is 9.59 Å². The summed E-state index contributed by atoms with van der Waals surface area (Å²) >= 11 is 0. The zero-order valence-corrected chi connectivity index (χ0v) is 13.4. The van der Waals surface area contributed by atoms with Crippen molar-refractivity contribution in [3.63, 3.8) is 0 Å². The second kappa shape index (κ2) is 11.5. The van der Waals surface area contributed by atoms with Crippen molar-refractivity contribution in [3.8, 4) is 0 Å². The quantitative estimate of drug-likeness (QED) is 0.555. The summed E-state index contributed by atoms with van der Waals surface area (Å²) in [4.78, 5) is 24.0.